The number of allylic oxidation sites excluding steroid dienone is 3. The van der Waals surface area contributed by atoms with Crippen LogP contribution in [0.4, 0.5) is 0 Å². The molecule has 0 aromatic rings. The van der Waals surface area contributed by atoms with Gasteiger partial charge in [0, 0.05) is 25.5 Å². The molecule has 78 valence electrons. The average Bonchev–Trinajstić information content (AvgIpc) is 2.19. The molecule has 1 saturated heterocycles. The molecule has 0 radical (unpaired) electrons. The molecular weight excluding hydrogens is 174 g/mol. The molecule has 2 aliphatic heterocycles. The van der Waals surface area contributed by atoms with Gasteiger partial charge in [-0.05, 0) is 43.8 Å². The molecule has 2 rings (SSSR count). The molecule has 1 fully saturated rings. The molecule has 0 amide bonds. The van der Waals surface area contributed by atoms with Crippen molar-refractivity contribution in [3.63, 3.8) is 0 Å². The Balaban J connectivity index is 1.87. The zero-order chi connectivity index (χ0) is 9.80. The van der Waals surface area contributed by atoms with E-state index in [4.69, 9.17) is 4.74 Å². The Morgan fingerprint density at radius 3 is 2.93 bits per heavy atom. The van der Waals surface area contributed by atoms with Crippen LogP contribution in [-0.2, 0) is 4.74 Å². The molecule has 2 aliphatic rings. The summed E-state index contributed by atoms with van der Waals surface area (Å²) in [7, 11) is 0. The van der Waals surface area contributed by atoms with Gasteiger partial charge in [0.15, 0.2) is 0 Å². The zero-order valence-corrected chi connectivity index (χ0v) is 8.88. The summed E-state index contributed by atoms with van der Waals surface area (Å²) in [6, 6.07) is 0. The van der Waals surface area contributed by atoms with Crippen LogP contribution in [0.1, 0.15) is 26.2 Å². The van der Waals surface area contributed by atoms with Crippen LogP contribution < -0.4 is 5.32 Å². The normalized spacial score (nSPS) is 23.8. The standard InChI is InChI=1S/C12H19NO/c1-10-8-12(2-5-13-10)9-11-3-6-14-7-4-11/h2,8,11,13H,3-7,9H2,1H3. The Kier molecular flexibility index (Phi) is 3.25. The Morgan fingerprint density at radius 2 is 2.21 bits per heavy atom. The highest BCUT2D eigenvalue weighted by Gasteiger charge is 2.15. The van der Waals surface area contributed by atoms with Crippen molar-refractivity contribution in [2.24, 2.45) is 5.92 Å². The van der Waals surface area contributed by atoms with E-state index in [1.54, 1.807) is 0 Å². The average molecular weight is 193 g/mol. The number of dihydropyridines is 1. The van der Waals surface area contributed by atoms with Gasteiger partial charge in [0.2, 0.25) is 0 Å². The third kappa shape index (κ3) is 2.61. The highest BCUT2D eigenvalue weighted by Crippen LogP contribution is 2.24. The van der Waals surface area contributed by atoms with Crippen molar-refractivity contribution in [3.8, 4) is 0 Å². The lowest BCUT2D eigenvalue weighted by Crippen LogP contribution is -2.19. The van der Waals surface area contributed by atoms with Gasteiger partial charge in [0.05, 0.1) is 0 Å². The summed E-state index contributed by atoms with van der Waals surface area (Å²) in [6.45, 7) is 5.05. The molecule has 0 atom stereocenters. The van der Waals surface area contributed by atoms with Gasteiger partial charge in [0.1, 0.15) is 0 Å². The summed E-state index contributed by atoms with van der Waals surface area (Å²) in [4.78, 5) is 0. The van der Waals surface area contributed by atoms with Gasteiger partial charge in [-0.3, -0.25) is 0 Å². The minimum absolute atomic E-state index is 0.845. The van der Waals surface area contributed by atoms with E-state index in [1.807, 2.05) is 0 Å². The minimum Gasteiger partial charge on any atom is -0.385 e. The van der Waals surface area contributed by atoms with E-state index in [2.05, 4.69) is 24.4 Å². The summed E-state index contributed by atoms with van der Waals surface area (Å²) in [6.07, 6.45) is 8.29. The summed E-state index contributed by atoms with van der Waals surface area (Å²) >= 11 is 0. The Hall–Kier alpha value is -0.760. The third-order valence-corrected chi connectivity index (χ3v) is 3.01. The van der Waals surface area contributed by atoms with Crippen LogP contribution in [-0.4, -0.2) is 19.8 Å². The van der Waals surface area contributed by atoms with Gasteiger partial charge in [0.25, 0.3) is 0 Å². The van der Waals surface area contributed by atoms with Gasteiger partial charge >= 0.3 is 0 Å². The van der Waals surface area contributed by atoms with Crippen LogP contribution in [0.25, 0.3) is 0 Å². The SMILES string of the molecule is CC1=CC(CC2CCOCC2)=CCN1. The number of hydrogen-bond donors (Lipinski definition) is 1. The second-order valence-electron chi connectivity index (χ2n) is 4.25. The molecule has 0 aromatic heterocycles. The molecule has 1 N–H and O–H groups in total. The fourth-order valence-electron chi connectivity index (χ4n) is 2.16. The molecule has 2 heterocycles. The first-order valence-electron chi connectivity index (χ1n) is 5.53. The molecule has 0 aromatic carbocycles. The van der Waals surface area contributed by atoms with Crippen LogP contribution in [0.3, 0.4) is 0 Å². The molecule has 14 heavy (non-hydrogen) atoms. The Labute approximate surface area is 86.0 Å². The van der Waals surface area contributed by atoms with Gasteiger partial charge in [-0.25, -0.2) is 0 Å². The quantitative estimate of drug-likeness (QED) is 0.726. The largest absolute Gasteiger partial charge is 0.385 e. The van der Waals surface area contributed by atoms with Crippen LogP contribution in [0.15, 0.2) is 23.4 Å². The highest BCUT2D eigenvalue weighted by molar-refractivity contribution is 5.26. The minimum atomic E-state index is 0.845. The van der Waals surface area contributed by atoms with Gasteiger partial charge in [-0.15, -0.1) is 0 Å². The van der Waals surface area contributed by atoms with E-state index in [9.17, 15) is 0 Å². The van der Waals surface area contributed by atoms with Crippen LogP contribution in [0.2, 0.25) is 0 Å². The van der Waals surface area contributed by atoms with Crippen LogP contribution >= 0.6 is 0 Å². The number of rotatable bonds is 2. The Bertz CT molecular complexity index is 249. The lowest BCUT2D eigenvalue weighted by molar-refractivity contribution is 0.0667. The maximum absolute atomic E-state index is 5.36. The molecule has 0 spiro atoms. The zero-order valence-electron chi connectivity index (χ0n) is 8.88. The molecule has 0 bridgehead atoms. The third-order valence-electron chi connectivity index (χ3n) is 3.01. The fourth-order valence-corrected chi connectivity index (χ4v) is 2.16. The lowest BCUT2D eigenvalue weighted by Gasteiger charge is -2.23. The maximum Gasteiger partial charge on any atom is 0.0468 e. The number of ether oxygens (including phenoxy) is 1. The van der Waals surface area contributed by atoms with Crippen molar-refractivity contribution in [2.75, 3.05) is 19.8 Å². The predicted octanol–water partition coefficient (Wildman–Crippen LogP) is 2.24. The molecule has 2 heteroatoms. The monoisotopic (exact) mass is 193 g/mol. The van der Waals surface area contributed by atoms with Crippen LogP contribution in [0.5, 0.6) is 0 Å². The second-order valence-corrected chi connectivity index (χ2v) is 4.25. The van der Waals surface area contributed by atoms with Crippen molar-refractivity contribution >= 4 is 0 Å². The van der Waals surface area contributed by atoms with E-state index in [0.717, 1.165) is 25.7 Å². The molecule has 2 nitrogen and oxygen atoms in total. The predicted molar refractivity (Wildman–Crippen MR) is 58.0 cm³/mol. The summed E-state index contributed by atoms with van der Waals surface area (Å²) in [5, 5.41) is 3.31. The van der Waals surface area contributed by atoms with Crippen molar-refractivity contribution in [2.45, 2.75) is 26.2 Å². The van der Waals surface area contributed by atoms with E-state index < -0.39 is 0 Å². The number of hydrogen-bond acceptors (Lipinski definition) is 2. The van der Waals surface area contributed by atoms with Gasteiger partial charge in [-0.2, -0.15) is 0 Å². The first-order valence-corrected chi connectivity index (χ1v) is 5.53. The molecular formula is C12H19NO. The van der Waals surface area contributed by atoms with Crippen molar-refractivity contribution in [1.29, 1.82) is 0 Å². The van der Waals surface area contributed by atoms with E-state index in [-0.39, 0.29) is 0 Å². The topological polar surface area (TPSA) is 21.3 Å². The first kappa shape index (κ1) is 9.78. The first-order chi connectivity index (χ1) is 6.84. The lowest BCUT2D eigenvalue weighted by atomic mass is 9.91. The smallest absolute Gasteiger partial charge is 0.0468 e. The van der Waals surface area contributed by atoms with E-state index >= 15 is 0 Å². The highest BCUT2D eigenvalue weighted by atomic mass is 16.5. The summed E-state index contributed by atoms with van der Waals surface area (Å²) in [5.74, 6) is 0.845. The van der Waals surface area contributed by atoms with Crippen molar-refractivity contribution < 1.29 is 4.74 Å². The summed E-state index contributed by atoms with van der Waals surface area (Å²) < 4.78 is 5.36. The maximum atomic E-state index is 5.36. The molecule has 0 saturated carbocycles. The van der Waals surface area contributed by atoms with Crippen molar-refractivity contribution in [3.05, 3.63) is 23.4 Å². The van der Waals surface area contributed by atoms with Gasteiger partial charge in [-0.1, -0.05) is 6.08 Å². The summed E-state index contributed by atoms with van der Waals surface area (Å²) in [5.41, 5.74) is 2.81. The van der Waals surface area contributed by atoms with Gasteiger partial charge < -0.3 is 10.1 Å². The fraction of sp³-hybridized carbons (Fsp3) is 0.667. The van der Waals surface area contributed by atoms with E-state index in [0.29, 0.717) is 0 Å². The molecule has 0 aliphatic carbocycles. The van der Waals surface area contributed by atoms with Crippen molar-refractivity contribution in [1.82, 2.24) is 5.32 Å². The van der Waals surface area contributed by atoms with E-state index in [1.165, 1.54) is 30.5 Å². The Morgan fingerprint density at radius 1 is 1.43 bits per heavy atom. The molecule has 0 unspecified atom stereocenters. The number of nitrogens with one attached hydrogen (secondary N) is 1. The second kappa shape index (κ2) is 4.65. The van der Waals surface area contributed by atoms with Crippen LogP contribution in [0, 0.1) is 5.92 Å².